The number of aromatic nitrogens is 1. The van der Waals surface area contributed by atoms with Crippen LogP contribution in [0.4, 0.5) is 0 Å². The topological polar surface area (TPSA) is 65.2 Å². The van der Waals surface area contributed by atoms with Gasteiger partial charge < -0.3 is 10.5 Å². The van der Waals surface area contributed by atoms with Crippen LogP contribution in [0, 0.1) is 0 Å². The number of nitrogens with two attached hydrogens (primary N) is 1. The van der Waals surface area contributed by atoms with Gasteiger partial charge in [-0.1, -0.05) is 0 Å². The summed E-state index contributed by atoms with van der Waals surface area (Å²) < 4.78 is 4.52. The van der Waals surface area contributed by atoms with Gasteiger partial charge in [0, 0.05) is 12.4 Å². The van der Waals surface area contributed by atoms with Crippen LogP contribution < -0.4 is 5.73 Å². The molecule has 14 heavy (non-hydrogen) atoms. The van der Waals surface area contributed by atoms with Gasteiger partial charge in [-0.15, -0.1) is 0 Å². The molecule has 0 radical (unpaired) electrons. The van der Waals surface area contributed by atoms with Crippen LogP contribution in [0.25, 0.3) is 0 Å². The van der Waals surface area contributed by atoms with Crippen LogP contribution in [0.2, 0.25) is 0 Å². The Bertz CT molecular complexity index is 287. The van der Waals surface area contributed by atoms with Crippen molar-refractivity contribution in [3.63, 3.8) is 0 Å². The van der Waals surface area contributed by atoms with E-state index in [1.807, 2.05) is 12.1 Å². The van der Waals surface area contributed by atoms with Crippen LogP contribution >= 0.6 is 0 Å². The Morgan fingerprint density at radius 3 is 2.79 bits per heavy atom. The molecule has 1 heterocycles. The third-order valence-electron chi connectivity index (χ3n) is 2.00. The summed E-state index contributed by atoms with van der Waals surface area (Å²) in [5.41, 5.74) is 6.71. The molecule has 0 saturated carbocycles. The van der Waals surface area contributed by atoms with Crippen molar-refractivity contribution in [2.75, 3.05) is 7.11 Å². The van der Waals surface area contributed by atoms with Gasteiger partial charge in [0.15, 0.2) is 0 Å². The van der Waals surface area contributed by atoms with Gasteiger partial charge in [0.1, 0.15) is 6.04 Å². The van der Waals surface area contributed by atoms with Gasteiger partial charge in [0.25, 0.3) is 0 Å². The second kappa shape index (κ2) is 5.34. The average Bonchev–Trinajstić information content (AvgIpc) is 2.26. The van der Waals surface area contributed by atoms with Crippen molar-refractivity contribution in [1.82, 2.24) is 4.98 Å². The van der Waals surface area contributed by atoms with E-state index in [2.05, 4.69) is 9.72 Å². The number of aryl methyl sites for hydroxylation is 1. The molecule has 0 aliphatic carbocycles. The van der Waals surface area contributed by atoms with Gasteiger partial charge in [-0.2, -0.15) is 0 Å². The van der Waals surface area contributed by atoms with E-state index in [1.165, 1.54) is 7.11 Å². The molecule has 0 aromatic carbocycles. The maximum atomic E-state index is 11.0. The van der Waals surface area contributed by atoms with Crippen LogP contribution in [0.15, 0.2) is 24.5 Å². The van der Waals surface area contributed by atoms with E-state index in [-0.39, 0.29) is 5.97 Å². The van der Waals surface area contributed by atoms with Gasteiger partial charge in [-0.25, -0.2) is 0 Å². The molecular formula is C10H14N2O2. The van der Waals surface area contributed by atoms with Crippen molar-refractivity contribution in [1.29, 1.82) is 0 Å². The molecule has 1 aromatic heterocycles. The summed E-state index contributed by atoms with van der Waals surface area (Å²) in [6.07, 6.45) is 4.80. The molecule has 0 amide bonds. The highest BCUT2D eigenvalue weighted by Crippen LogP contribution is 2.03. The summed E-state index contributed by atoms with van der Waals surface area (Å²) in [7, 11) is 1.34. The number of carbonyl (C=O) groups is 1. The highest BCUT2D eigenvalue weighted by Gasteiger charge is 2.12. The Balaban J connectivity index is 2.38. The Morgan fingerprint density at radius 1 is 1.57 bits per heavy atom. The first kappa shape index (κ1) is 10.7. The molecule has 1 aromatic rings. The minimum Gasteiger partial charge on any atom is -0.468 e. The number of esters is 1. The Labute approximate surface area is 83.1 Å². The molecule has 0 saturated heterocycles. The molecule has 0 aliphatic heterocycles. The third-order valence-corrected chi connectivity index (χ3v) is 2.00. The Kier molecular flexibility index (Phi) is 4.07. The number of nitrogens with zero attached hydrogens (tertiary/aromatic N) is 1. The van der Waals surface area contributed by atoms with E-state index in [1.54, 1.807) is 12.4 Å². The third kappa shape index (κ3) is 3.14. The molecule has 4 heteroatoms. The number of carbonyl (C=O) groups excluding carboxylic acids is 1. The molecule has 0 fully saturated rings. The first-order valence-electron chi connectivity index (χ1n) is 4.46. The number of pyridine rings is 1. The fourth-order valence-electron chi connectivity index (χ4n) is 1.14. The lowest BCUT2D eigenvalue weighted by Gasteiger charge is -2.08. The monoisotopic (exact) mass is 194 g/mol. The number of methoxy groups -OCH3 is 1. The molecule has 2 N–H and O–H groups in total. The molecule has 0 spiro atoms. The van der Waals surface area contributed by atoms with Crippen molar-refractivity contribution in [2.24, 2.45) is 5.73 Å². The molecule has 1 unspecified atom stereocenters. The van der Waals surface area contributed by atoms with Gasteiger partial charge in [-0.05, 0) is 30.5 Å². The van der Waals surface area contributed by atoms with Gasteiger partial charge in [0.2, 0.25) is 0 Å². The van der Waals surface area contributed by atoms with Gasteiger partial charge >= 0.3 is 5.97 Å². The normalized spacial score (nSPS) is 12.1. The lowest BCUT2D eigenvalue weighted by molar-refractivity contribution is -0.142. The second-order valence-corrected chi connectivity index (χ2v) is 3.02. The van der Waals surface area contributed by atoms with Crippen molar-refractivity contribution < 1.29 is 9.53 Å². The Hall–Kier alpha value is -1.42. The SMILES string of the molecule is COC(=O)C(N)CCc1ccncc1. The molecule has 0 aliphatic rings. The summed E-state index contributed by atoms with van der Waals surface area (Å²) in [5, 5.41) is 0. The molecule has 1 atom stereocenters. The maximum Gasteiger partial charge on any atom is 0.322 e. The summed E-state index contributed by atoms with van der Waals surface area (Å²) in [6.45, 7) is 0. The number of rotatable bonds is 4. The average molecular weight is 194 g/mol. The minimum absolute atomic E-state index is 0.362. The summed E-state index contributed by atoms with van der Waals surface area (Å²) >= 11 is 0. The summed E-state index contributed by atoms with van der Waals surface area (Å²) in [6, 6.07) is 3.28. The standard InChI is InChI=1S/C10H14N2O2/c1-14-10(13)9(11)3-2-8-4-6-12-7-5-8/h4-7,9H,2-3,11H2,1H3. The second-order valence-electron chi connectivity index (χ2n) is 3.02. The highest BCUT2D eigenvalue weighted by atomic mass is 16.5. The number of hydrogen-bond donors (Lipinski definition) is 1. The van der Waals surface area contributed by atoms with Crippen molar-refractivity contribution in [3.8, 4) is 0 Å². The quantitative estimate of drug-likeness (QED) is 0.709. The Morgan fingerprint density at radius 2 is 2.21 bits per heavy atom. The summed E-state index contributed by atoms with van der Waals surface area (Å²) in [5.74, 6) is -0.362. The fraction of sp³-hybridized carbons (Fsp3) is 0.400. The predicted octanol–water partition coefficient (Wildman–Crippen LogP) is 0.514. The van der Waals surface area contributed by atoms with Crippen LogP contribution in [0.1, 0.15) is 12.0 Å². The molecule has 1 rings (SSSR count). The van der Waals surface area contributed by atoms with E-state index in [0.29, 0.717) is 6.42 Å². The van der Waals surface area contributed by atoms with Crippen LogP contribution in [0.3, 0.4) is 0 Å². The van der Waals surface area contributed by atoms with E-state index in [0.717, 1.165) is 12.0 Å². The smallest absolute Gasteiger partial charge is 0.322 e. The van der Waals surface area contributed by atoms with Crippen LogP contribution in [0.5, 0.6) is 0 Å². The zero-order valence-electron chi connectivity index (χ0n) is 8.14. The molecule has 0 bridgehead atoms. The minimum atomic E-state index is -0.534. The lowest BCUT2D eigenvalue weighted by atomic mass is 10.1. The first-order valence-corrected chi connectivity index (χ1v) is 4.46. The first-order chi connectivity index (χ1) is 6.74. The van der Waals surface area contributed by atoms with Crippen LogP contribution in [-0.4, -0.2) is 24.1 Å². The number of ether oxygens (including phenoxy) is 1. The zero-order valence-corrected chi connectivity index (χ0v) is 8.14. The van der Waals surface area contributed by atoms with Gasteiger partial charge in [-0.3, -0.25) is 9.78 Å². The van der Waals surface area contributed by atoms with Crippen molar-refractivity contribution in [2.45, 2.75) is 18.9 Å². The van der Waals surface area contributed by atoms with E-state index in [9.17, 15) is 4.79 Å². The fourth-order valence-corrected chi connectivity index (χ4v) is 1.14. The van der Waals surface area contributed by atoms with Gasteiger partial charge in [0.05, 0.1) is 7.11 Å². The van der Waals surface area contributed by atoms with Crippen molar-refractivity contribution >= 4 is 5.97 Å². The predicted molar refractivity (Wildman–Crippen MR) is 52.5 cm³/mol. The molecular weight excluding hydrogens is 180 g/mol. The van der Waals surface area contributed by atoms with E-state index in [4.69, 9.17) is 5.73 Å². The summed E-state index contributed by atoms with van der Waals surface area (Å²) in [4.78, 5) is 14.9. The van der Waals surface area contributed by atoms with Crippen LogP contribution in [-0.2, 0) is 16.0 Å². The molecule has 4 nitrogen and oxygen atoms in total. The van der Waals surface area contributed by atoms with E-state index < -0.39 is 6.04 Å². The highest BCUT2D eigenvalue weighted by molar-refractivity contribution is 5.75. The number of hydrogen-bond acceptors (Lipinski definition) is 4. The molecule has 76 valence electrons. The lowest BCUT2D eigenvalue weighted by Crippen LogP contribution is -2.31. The largest absolute Gasteiger partial charge is 0.468 e. The van der Waals surface area contributed by atoms with E-state index >= 15 is 0 Å². The van der Waals surface area contributed by atoms with Crippen molar-refractivity contribution in [3.05, 3.63) is 30.1 Å². The maximum absolute atomic E-state index is 11.0. The zero-order chi connectivity index (χ0) is 10.4.